The molecule has 0 N–H and O–H groups in total. The highest BCUT2D eigenvalue weighted by atomic mass is 32.1. The number of carbonyl (C=O) groups excluding carboxylic acids is 2. The van der Waals surface area contributed by atoms with Crippen LogP contribution in [-0.4, -0.2) is 23.6 Å². The van der Waals surface area contributed by atoms with Gasteiger partial charge in [0.2, 0.25) is 0 Å². The van der Waals surface area contributed by atoms with Gasteiger partial charge in [-0.15, -0.1) is 0 Å². The predicted molar refractivity (Wildman–Crippen MR) is 102 cm³/mol. The maximum absolute atomic E-state index is 12.5. The van der Waals surface area contributed by atoms with Crippen LogP contribution in [0, 0.1) is 0 Å². The molecule has 1 unspecified atom stereocenters. The van der Waals surface area contributed by atoms with Gasteiger partial charge in [0.25, 0.3) is 5.91 Å². The highest BCUT2D eigenvalue weighted by molar-refractivity contribution is 7.16. The Morgan fingerprint density at radius 2 is 1.81 bits per heavy atom. The van der Waals surface area contributed by atoms with E-state index in [1.165, 1.54) is 18.4 Å². The molecule has 134 valence electrons. The second-order valence-electron chi connectivity index (χ2n) is 5.84. The first-order chi connectivity index (χ1) is 12.6. The standard InChI is InChI=1S/C20H20N2O3S/c1-3-15(19(24)25-2)22-16-11-7-8-12-17(16)26-20(22)21-18(23)13-14-9-5-4-6-10-14/h4-12,15H,3,13H2,1-2H3. The van der Waals surface area contributed by atoms with Crippen molar-refractivity contribution in [3.63, 3.8) is 0 Å². The molecule has 5 nitrogen and oxygen atoms in total. The Bertz CT molecular complexity index is 989. The molecule has 0 radical (unpaired) electrons. The van der Waals surface area contributed by atoms with Crippen molar-refractivity contribution in [1.82, 2.24) is 4.57 Å². The lowest BCUT2D eigenvalue weighted by Crippen LogP contribution is -2.28. The van der Waals surface area contributed by atoms with Crippen molar-refractivity contribution in [3.05, 3.63) is 65.0 Å². The number of carbonyl (C=O) groups is 2. The molecule has 1 amide bonds. The summed E-state index contributed by atoms with van der Waals surface area (Å²) in [4.78, 5) is 29.6. The van der Waals surface area contributed by atoms with E-state index in [-0.39, 0.29) is 18.3 Å². The molecule has 0 aliphatic carbocycles. The van der Waals surface area contributed by atoms with Crippen molar-refractivity contribution in [3.8, 4) is 0 Å². The van der Waals surface area contributed by atoms with Gasteiger partial charge >= 0.3 is 5.97 Å². The van der Waals surface area contributed by atoms with E-state index in [1.54, 1.807) is 0 Å². The second-order valence-corrected chi connectivity index (χ2v) is 6.85. The number of fused-ring (bicyclic) bond motifs is 1. The van der Waals surface area contributed by atoms with Crippen molar-refractivity contribution in [2.45, 2.75) is 25.8 Å². The fourth-order valence-corrected chi connectivity index (χ4v) is 3.96. The molecule has 0 spiro atoms. The normalized spacial score (nSPS) is 12.9. The second kappa shape index (κ2) is 8.10. The minimum Gasteiger partial charge on any atom is -0.467 e. The van der Waals surface area contributed by atoms with Crippen LogP contribution in [-0.2, 0) is 20.7 Å². The van der Waals surface area contributed by atoms with Gasteiger partial charge < -0.3 is 9.30 Å². The number of hydrogen-bond donors (Lipinski definition) is 0. The number of hydrogen-bond acceptors (Lipinski definition) is 4. The number of amides is 1. The van der Waals surface area contributed by atoms with Gasteiger partial charge in [-0.25, -0.2) is 4.79 Å². The topological polar surface area (TPSA) is 60.7 Å². The van der Waals surface area contributed by atoms with Crippen LogP contribution in [0.3, 0.4) is 0 Å². The summed E-state index contributed by atoms with van der Waals surface area (Å²) in [6.45, 7) is 1.91. The fraction of sp³-hybridized carbons (Fsp3) is 0.250. The highest BCUT2D eigenvalue weighted by Crippen LogP contribution is 2.23. The van der Waals surface area contributed by atoms with Crippen LogP contribution in [0.25, 0.3) is 10.2 Å². The van der Waals surface area contributed by atoms with Crippen LogP contribution in [0.2, 0.25) is 0 Å². The van der Waals surface area contributed by atoms with Crippen molar-refractivity contribution in [2.75, 3.05) is 7.11 Å². The molecule has 3 aromatic rings. The van der Waals surface area contributed by atoms with Crippen LogP contribution in [0.15, 0.2) is 59.6 Å². The van der Waals surface area contributed by atoms with E-state index in [4.69, 9.17) is 4.74 Å². The van der Waals surface area contributed by atoms with E-state index in [1.807, 2.05) is 66.1 Å². The van der Waals surface area contributed by atoms with Crippen molar-refractivity contribution in [1.29, 1.82) is 0 Å². The van der Waals surface area contributed by atoms with E-state index in [9.17, 15) is 9.59 Å². The summed E-state index contributed by atoms with van der Waals surface area (Å²) in [6.07, 6.45) is 0.775. The summed E-state index contributed by atoms with van der Waals surface area (Å²) < 4.78 is 7.74. The molecule has 0 bridgehead atoms. The van der Waals surface area contributed by atoms with Gasteiger partial charge in [-0.3, -0.25) is 4.79 Å². The Balaban J connectivity index is 2.08. The Labute approximate surface area is 155 Å². The van der Waals surface area contributed by atoms with E-state index >= 15 is 0 Å². The smallest absolute Gasteiger partial charge is 0.328 e. The Hall–Kier alpha value is -2.73. The maximum Gasteiger partial charge on any atom is 0.328 e. The quantitative estimate of drug-likeness (QED) is 0.648. The van der Waals surface area contributed by atoms with Crippen molar-refractivity contribution >= 4 is 33.4 Å². The molecular weight excluding hydrogens is 348 g/mol. The number of para-hydroxylation sites is 1. The monoisotopic (exact) mass is 368 g/mol. The van der Waals surface area contributed by atoms with Crippen LogP contribution in [0.4, 0.5) is 0 Å². The third kappa shape index (κ3) is 3.75. The van der Waals surface area contributed by atoms with Gasteiger partial charge in [0.05, 0.1) is 23.7 Å². The number of rotatable bonds is 5. The summed E-state index contributed by atoms with van der Waals surface area (Å²) in [5.41, 5.74) is 1.79. The van der Waals surface area contributed by atoms with Crippen LogP contribution >= 0.6 is 11.3 Å². The molecule has 1 aromatic heterocycles. The average Bonchev–Trinajstić information content (AvgIpc) is 3.01. The third-order valence-electron chi connectivity index (χ3n) is 4.12. The lowest BCUT2D eigenvalue weighted by molar-refractivity contribution is -0.144. The van der Waals surface area contributed by atoms with Crippen molar-refractivity contribution in [2.24, 2.45) is 4.99 Å². The lowest BCUT2D eigenvalue weighted by Gasteiger charge is -2.15. The third-order valence-corrected chi connectivity index (χ3v) is 5.16. The summed E-state index contributed by atoms with van der Waals surface area (Å²) in [5.74, 6) is -0.579. The maximum atomic E-state index is 12.5. The number of nitrogens with zero attached hydrogens (tertiary/aromatic N) is 2. The largest absolute Gasteiger partial charge is 0.467 e. The Morgan fingerprint density at radius 3 is 2.50 bits per heavy atom. The lowest BCUT2D eigenvalue weighted by atomic mass is 10.1. The molecule has 2 aromatic carbocycles. The van der Waals surface area contributed by atoms with E-state index in [2.05, 4.69) is 4.99 Å². The first-order valence-corrected chi connectivity index (χ1v) is 9.25. The summed E-state index contributed by atoms with van der Waals surface area (Å²) >= 11 is 1.40. The van der Waals surface area contributed by atoms with Crippen LogP contribution < -0.4 is 4.80 Å². The Kier molecular flexibility index (Phi) is 5.63. The number of thiazole rings is 1. The van der Waals surface area contributed by atoms with Crippen molar-refractivity contribution < 1.29 is 14.3 Å². The minimum absolute atomic E-state index is 0.226. The number of aromatic nitrogens is 1. The summed E-state index contributed by atoms with van der Waals surface area (Å²) in [6, 6.07) is 16.7. The summed E-state index contributed by atoms with van der Waals surface area (Å²) in [5, 5.41) is 0. The van der Waals surface area contributed by atoms with Gasteiger partial charge in [-0.2, -0.15) is 4.99 Å². The number of benzene rings is 2. The first kappa shape index (κ1) is 18.1. The summed E-state index contributed by atoms with van der Waals surface area (Å²) in [7, 11) is 1.37. The van der Waals surface area contributed by atoms with Gasteiger partial charge in [0, 0.05) is 0 Å². The molecule has 3 rings (SSSR count). The van der Waals surface area contributed by atoms with E-state index < -0.39 is 6.04 Å². The predicted octanol–water partition coefficient (Wildman–Crippen LogP) is 3.50. The molecule has 0 aliphatic rings. The zero-order valence-corrected chi connectivity index (χ0v) is 15.5. The SMILES string of the molecule is CCC(C(=O)OC)n1c(=NC(=O)Cc2ccccc2)sc2ccccc21. The van der Waals surface area contributed by atoms with Gasteiger partial charge in [-0.1, -0.05) is 60.7 Å². The highest BCUT2D eigenvalue weighted by Gasteiger charge is 2.23. The van der Waals surface area contributed by atoms with Crippen LogP contribution in [0.5, 0.6) is 0 Å². The van der Waals surface area contributed by atoms with E-state index in [0.29, 0.717) is 11.2 Å². The zero-order chi connectivity index (χ0) is 18.5. The van der Waals surface area contributed by atoms with Gasteiger partial charge in [0.15, 0.2) is 4.80 Å². The number of ether oxygens (including phenoxy) is 1. The molecule has 0 fully saturated rings. The minimum atomic E-state index is -0.514. The number of esters is 1. The molecule has 6 heteroatoms. The first-order valence-electron chi connectivity index (χ1n) is 8.43. The van der Waals surface area contributed by atoms with Crippen LogP contribution in [0.1, 0.15) is 24.9 Å². The molecule has 1 atom stereocenters. The molecule has 0 saturated carbocycles. The molecule has 26 heavy (non-hydrogen) atoms. The van der Waals surface area contributed by atoms with E-state index in [0.717, 1.165) is 15.8 Å². The average molecular weight is 368 g/mol. The molecule has 0 aliphatic heterocycles. The molecule has 0 saturated heterocycles. The Morgan fingerprint density at radius 1 is 1.12 bits per heavy atom. The number of methoxy groups -OCH3 is 1. The zero-order valence-electron chi connectivity index (χ0n) is 14.7. The molecular formula is C20H20N2O3S. The fourth-order valence-electron chi connectivity index (χ4n) is 2.88. The van der Waals surface area contributed by atoms with Gasteiger partial charge in [0.1, 0.15) is 6.04 Å². The van der Waals surface area contributed by atoms with Gasteiger partial charge in [-0.05, 0) is 24.1 Å². The molecule has 1 heterocycles.